The highest BCUT2D eigenvalue weighted by molar-refractivity contribution is 5.94. The van der Waals surface area contributed by atoms with Crippen molar-refractivity contribution in [3.63, 3.8) is 0 Å². The fourth-order valence-corrected chi connectivity index (χ4v) is 3.19. The number of anilines is 2. The molecule has 140 valence electrons. The van der Waals surface area contributed by atoms with Crippen molar-refractivity contribution in [1.82, 2.24) is 0 Å². The minimum atomic E-state index is -4.55. The van der Waals surface area contributed by atoms with Crippen molar-refractivity contribution in [3.8, 4) is 6.07 Å². The maximum absolute atomic E-state index is 13.2. The predicted octanol–water partition coefficient (Wildman–Crippen LogP) is 4.11. The zero-order valence-corrected chi connectivity index (χ0v) is 14.8. The molecule has 2 aromatic carbocycles. The first-order valence-electron chi connectivity index (χ1n) is 8.52. The summed E-state index contributed by atoms with van der Waals surface area (Å²) < 4.78 is 39.5. The van der Waals surface area contributed by atoms with E-state index in [0.29, 0.717) is 37.4 Å². The van der Waals surface area contributed by atoms with Crippen molar-refractivity contribution in [3.05, 3.63) is 59.2 Å². The lowest BCUT2D eigenvalue weighted by atomic mass is 10.1. The van der Waals surface area contributed by atoms with Gasteiger partial charge in [0.15, 0.2) is 5.78 Å². The van der Waals surface area contributed by atoms with Gasteiger partial charge >= 0.3 is 6.18 Å². The van der Waals surface area contributed by atoms with Crippen LogP contribution >= 0.6 is 0 Å². The Hall–Kier alpha value is -3.01. The number of rotatable bonds is 3. The number of Topliss-reactive ketones (excluding diaryl/α,β-unsaturated/α-hetero) is 1. The molecule has 1 aliphatic rings. The van der Waals surface area contributed by atoms with Gasteiger partial charge < -0.3 is 9.80 Å². The summed E-state index contributed by atoms with van der Waals surface area (Å²) >= 11 is 0. The molecule has 0 bridgehead atoms. The van der Waals surface area contributed by atoms with E-state index in [9.17, 15) is 18.0 Å². The number of nitriles is 1. The molecule has 2 aromatic rings. The normalized spacial score (nSPS) is 14.8. The van der Waals surface area contributed by atoms with Crippen LogP contribution in [0, 0.1) is 11.3 Å². The second-order valence-electron chi connectivity index (χ2n) is 6.42. The molecule has 0 atom stereocenters. The van der Waals surface area contributed by atoms with Gasteiger partial charge in [-0.15, -0.1) is 0 Å². The van der Waals surface area contributed by atoms with Gasteiger partial charge in [0.05, 0.1) is 17.2 Å². The first-order valence-corrected chi connectivity index (χ1v) is 8.52. The second-order valence-corrected chi connectivity index (χ2v) is 6.42. The Morgan fingerprint density at radius 2 is 1.48 bits per heavy atom. The molecule has 1 saturated heterocycles. The summed E-state index contributed by atoms with van der Waals surface area (Å²) in [7, 11) is 0. The molecule has 1 heterocycles. The van der Waals surface area contributed by atoms with E-state index in [2.05, 4.69) is 4.90 Å². The fraction of sp³-hybridized carbons (Fsp3) is 0.300. The molecule has 7 heteroatoms. The number of hydrogen-bond donors (Lipinski definition) is 0. The van der Waals surface area contributed by atoms with E-state index in [1.807, 2.05) is 17.0 Å². The minimum absolute atomic E-state index is 0.00709. The molecule has 0 radical (unpaired) electrons. The number of carbonyl (C=O) groups is 1. The molecular formula is C20H18F3N3O. The lowest BCUT2D eigenvalue weighted by Gasteiger charge is -2.37. The quantitative estimate of drug-likeness (QED) is 0.760. The van der Waals surface area contributed by atoms with Crippen molar-refractivity contribution < 1.29 is 18.0 Å². The van der Waals surface area contributed by atoms with E-state index >= 15 is 0 Å². The maximum Gasteiger partial charge on any atom is 0.417 e. The van der Waals surface area contributed by atoms with Crippen molar-refractivity contribution >= 4 is 17.2 Å². The van der Waals surface area contributed by atoms with Crippen LogP contribution in [0.4, 0.5) is 24.5 Å². The van der Waals surface area contributed by atoms with E-state index in [-0.39, 0.29) is 11.3 Å². The van der Waals surface area contributed by atoms with E-state index in [1.54, 1.807) is 24.3 Å². The monoisotopic (exact) mass is 373 g/mol. The van der Waals surface area contributed by atoms with Crippen LogP contribution in [0.2, 0.25) is 0 Å². The van der Waals surface area contributed by atoms with Gasteiger partial charge in [-0.05, 0) is 49.4 Å². The molecule has 0 N–H and O–H groups in total. The largest absolute Gasteiger partial charge is 0.417 e. The first kappa shape index (κ1) is 18.8. The van der Waals surface area contributed by atoms with Gasteiger partial charge in [-0.1, -0.05) is 0 Å². The lowest BCUT2D eigenvalue weighted by Crippen LogP contribution is -2.46. The summed E-state index contributed by atoms with van der Waals surface area (Å²) in [6, 6.07) is 12.8. The molecule has 0 spiro atoms. The van der Waals surface area contributed by atoms with Crippen LogP contribution in [0.5, 0.6) is 0 Å². The summed E-state index contributed by atoms with van der Waals surface area (Å²) in [4.78, 5) is 15.4. The number of alkyl halides is 3. The van der Waals surface area contributed by atoms with Gasteiger partial charge in [-0.25, -0.2) is 0 Å². The van der Waals surface area contributed by atoms with Crippen LogP contribution in [-0.4, -0.2) is 32.0 Å². The smallest absolute Gasteiger partial charge is 0.368 e. The Balaban J connectivity index is 1.72. The Labute approximate surface area is 155 Å². The van der Waals surface area contributed by atoms with Crippen LogP contribution in [0.15, 0.2) is 42.5 Å². The molecule has 27 heavy (non-hydrogen) atoms. The molecule has 4 nitrogen and oxygen atoms in total. The van der Waals surface area contributed by atoms with E-state index in [0.717, 1.165) is 11.8 Å². The Bertz CT molecular complexity index is 877. The van der Waals surface area contributed by atoms with Crippen LogP contribution in [0.3, 0.4) is 0 Å². The molecule has 0 aromatic heterocycles. The number of piperazine rings is 1. The molecule has 3 rings (SSSR count). The summed E-state index contributed by atoms with van der Waals surface area (Å²) in [5.41, 5.74) is 0.832. The molecule has 1 aliphatic heterocycles. The zero-order chi connectivity index (χ0) is 19.6. The lowest BCUT2D eigenvalue weighted by molar-refractivity contribution is -0.137. The van der Waals surface area contributed by atoms with E-state index in [1.165, 1.54) is 13.0 Å². The van der Waals surface area contributed by atoms with Crippen LogP contribution in [0.25, 0.3) is 0 Å². The summed E-state index contributed by atoms with van der Waals surface area (Å²) in [5, 5.41) is 8.91. The first-order chi connectivity index (χ1) is 12.8. The van der Waals surface area contributed by atoms with E-state index < -0.39 is 11.7 Å². The Kier molecular flexibility index (Phi) is 5.08. The molecule has 0 amide bonds. The summed E-state index contributed by atoms with van der Waals surface area (Å²) in [6.45, 7) is 3.96. The molecule has 0 unspecified atom stereocenters. The highest BCUT2D eigenvalue weighted by Crippen LogP contribution is 2.34. The third kappa shape index (κ3) is 4.05. The summed E-state index contributed by atoms with van der Waals surface area (Å²) in [6.07, 6.45) is -4.55. The SMILES string of the molecule is CC(=O)c1ccc(N2CCN(c3ccc(C#N)c(C(F)(F)F)c3)CC2)cc1. The predicted molar refractivity (Wildman–Crippen MR) is 97.0 cm³/mol. The highest BCUT2D eigenvalue weighted by atomic mass is 19.4. The standard InChI is InChI=1S/C20H18F3N3O/c1-14(27)15-2-5-17(6-3-15)25-8-10-26(11-9-25)18-7-4-16(13-24)19(12-18)20(21,22)23/h2-7,12H,8-11H2,1H3. The van der Waals surface area contributed by atoms with Gasteiger partial charge in [0.1, 0.15) is 0 Å². The maximum atomic E-state index is 13.2. The Morgan fingerprint density at radius 1 is 0.963 bits per heavy atom. The van der Waals surface area contributed by atoms with Crippen molar-refractivity contribution in [2.75, 3.05) is 36.0 Å². The number of carbonyl (C=O) groups excluding carboxylic acids is 1. The van der Waals surface area contributed by atoms with Gasteiger partial charge in [-0.3, -0.25) is 4.79 Å². The zero-order valence-electron chi connectivity index (χ0n) is 14.8. The van der Waals surface area contributed by atoms with Gasteiger partial charge in [0.25, 0.3) is 0 Å². The number of hydrogen-bond acceptors (Lipinski definition) is 4. The second kappa shape index (κ2) is 7.31. The van der Waals surface area contributed by atoms with Gasteiger partial charge in [0, 0.05) is 43.1 Å². The molecule has 0 aliphatic carbocycles. The number of halogens is 3. The van der Waals surface area contributed by atoms with Crippen LogP contribution < -0.4 is 9.80 Å². The van der Waals surface area contributed by atoms with Crippen molar-refractivity contribution in [2.24, 2.45) is 0 Å². The highest BCUT2D eigenvalue weighted by Gasteiger charge is 2.34. The summed E-state index contributed by atoms with van der Waals surface area (Å²) in [5.74, 6) is 0.00709. The van der Waals surface area contributed by atoms with Crippen LogP contribution in [0.1, 0.15) is 28.4 Å². The van der Waals surface area contributed by atoms with Crippen LogP contribution in [-0.2, 0) is 6.18 Å². The van der Waals surface area contributed by atoms with E-state index in [4.69, 9.17) is 5.26 Å². The fourth-order valence-electron chi connectivity index (χ4n) is 3.19. The molecule has 0 saturated carbocycles. The topological polar surface area (TPSA) is 47.3 Å². The van der Waals surface area contributed by atoms with Crippen molar-refractivity contribution in [1.29, 1.82) is 5.26 Å². The molecular weight excluding hydrogens is 355 g/mol. The Morgan fingerprint density at radius 3 is 1.96 bits per heavy atom. The third-order valence-electron chi connectivity index (χ3n) is 4.71. The number of nitrogens with zero attached hydrogens (tertiary/aromatic N) is 3. The number of ketones is 1. The number of benzene rings is 2. The van der Waals surface area contributed by atoms with Gasteiger partial charge in [0.2, 0.25) is 0 Å². The van der Waals surface area contributed by atoms with Crippen molar-refractivity contribution in [2.45, 2.75) is 13.1 Å². The van der Waals surface area contributed by atoms with Gasteiger partial charge in [-0.2, -0.15) is 18.4 Å². The average Bonchev–Trinajstić information content (AvgIpc) is 2.67. The minimum Gasteiger partial charge on any atom is -0.368 e. The molecule has 1 fully saturated rings. The average molecular weight is 373 g/mol. The third-order valence-corrected chi connectivity index (χ3v) is 4.71.